The number of carbonyl (C=O) groups is 3. The van der Waals surface area contributed by atoms with Crippen molar-refractivity contribution >= 4 is 17.9 Å². The van der Waals surface area contributed by atoms with Crippen LogP contribution in [0.25, 0.3) is 33.4 Å². The molecule has 0 radical (unpaired) electrons. The highest BCUT2D eigenvalue weighted by Crippen LogP contribution is 2.37. The lowest BCUT2D eigenvalue weighted by molar-refractivity contribution is -0.131. The van der Waals surface area contributed by atoms with Crippen molar-refractivity contribution in [3.8, 4) is 50.6 Å². The largest absolute Gasteiger partial charge is 0.423 e. The molecule has 4 aromatic carbocycles. The second kappa shape index (κ2) is 17.7. The number of hydrogen-bond acceptors (Lipinski definition) is 9. The van der Waals surface area contributed by atoms with Crippen LogP contribution in [-0.4, -0.2) is 59.1 Å². The van der Waals surface area contributed by atoms with Crippen molar-refractivity contribution in [1.82, 2.24) is 0 Å². The molecule has 0 aliphatic rings. The Hall–Kier alpha value is -5.61. The molecule has 0 aliphatic carbocycles. The molecule has 0 unspecified atom stereocenters. The normalized spacial score (nSPS) is 10.6. The number of rotatable bonds is 16. The molecule has 9 heteroatoms. The Balaban J connectivity index is 1.62. The number of esters is 3. The number of carbonyl (C=O) groups excluding carboxylic acids is 3. The zero-order chi connectivity index (χ0) is 36.2. The van der Waals surface area contributed by atoms with Crippen LogP contribution in [0.15, 0.2) is 121 Å². The first-order chi connectivity index (χ1) is 24.1. The second-order valence-corrected chi connectivity index (χ2v) is 11.3. The van der Waals surface area contributed by atoms with Crippen molar-refractivity contribution in [2.75, 3.05) is 41.2 Å². The molecule has 4 aromatic rings. The lowest BCUT2D eigenvalue weighted by atomic mass is 9.94. The molecule has 0 aliphatic heterocycles. The fourth-order valence-corrected chi connectivity index (χ4v) is 5.01. The fraction of sp³-hybridized carbons (Fsp3) is 0.195. The van der Waals surface area contributed by atoms with Crippen LogP contribution < -0.4 is 14.2 Å². The Labute approximate surface area is 292 Å². The highest BCUT2D eigenvalue weighted by molar-refractivity contribution is 5.92. The van der Waals surface area contributed by atoms with E-state index >= 15 is 0 Å². The minimum Gasteiger partial charge on any atom is -0.423 e. The summed E-state index contributed by atoms with van der Waals surface area (Å²) >= 11 is 0. The van der Waals surface area contributed by atoms with Crippen molar-refractivity contribution in [3.63, 3.8) is 0 Å². The van der Waals surface area contributed by atoms with E-state index in [1.165, 1.54) is 21.3 Å². The molecule has 0 aromatic heterocycles. The molecule has 0 fully saturated rings. The minimum atomic E-state index is -0.611. The molecule has 50 heavy (non-hydrogen) atoms. The van der Waals surface area contributed by atoms with Gasteiger partial charge in [0.15, 0.2) is 0 Å². The van der Waals surface area contributed by atoms with Crippen LogP contribution in [-0.2, 0) is 35.0 Å². The van der Waals surface area contributed by atoms with E-state index in [1.807, 2.05) is 55.5 Å². The molecule has 258 valence electrons. The fourth-order valence-electron chi connectivity index (χ4n) is 5.01. The van der Waals surface area contributed by atoms with E-state index in [9.17, 15) is 14.4 Å². The molecule has 9 nitrogen and oxygen atoms in total. The van der Waals surface area contributed by atoms with E-state index in [2.05, 4.69) is 19.7 Å². The van der Waals surface area contributed by atoms with Gasteiger partial charge in [0, 0.05) is 26.9 Å². The quantitative estimate of drug-likeness (QED) is 0.0675. The lowest BCUT2D eigenvalue weighted by Crippen LogP contribution is -2.14. The summed E-state index contributed by atoms with van der Waals surface area (Å²) < 4.78 is 31.7. The van der Waals surface area contributed by atoms with Crippen LogP contribution in [0.4, 0.5) is 0 Å². The summed E-state index contributed by atoms with van der Waals surface area (Å²) in [5.41, 5.74) is 6.64. The van der Waals surface area contributed by atoms with Gasteiger partial charge in [-0.2, -0.15) is 0 Å². The topological polar surface area (TPSA) is 107 Å². The predicted octanol–water partition coefficient (Wildman–Crippen LogP) is 7.57. The van der Waals surface area contributed by atoms with Crippen LogP contribution in [0.1, 0.15) is 12.5 Å². The molecule has 0 heterocycles. The number of benzene rings is 4. The van der Waals surface area contributed by atoms with Gasteiger partial charge in [0.05, 0.1) is 36.5 Å². The van der Waals surface area contributed by atoms with E-state index in [0.717, 1.165) is 33.4 Å². The molecule has 0 saturated carbocycles. The molecule has 0 spiro atoms. The van der Waals surface area contributed by atoms with Gasteiger partial charge in [-0.1, -0.05) is 81.3 Å². The second-order valence-electron chi connectivity index (χ2n) is 11.3. The van der Waals surface area contributed by atoms with E-state index in [1.54, 1.807) is 36.4 Å². The van der Waals surface area contributed by atoms with Gasteiger partial charge in [-0.15, -0.1) is 0 Å². The SMILES string of the molecule is C=C(COC)C(=O)Oc1ccc(-c2ccc(-c3ccc(-c4ccc(OC(=O)C(=C)COC)cc4CC)cc3)c(OC(=O)C(=C)COC)c2)cc1. The molecule has 4 rings (SSSR count). The average molecular weight is 677 g/mol. The van der Waals surface area contributed by atoms with Gasteiger partial charge in [-0.05, 0) is 70.1 Å². The first-order valence-electron chi connectivity index (χ1n) is 15.7. The molecule has 0 atom stereocenters. The van der Waals surface area contributed by atoms with Crippen molar-refractivity contribution in [2.24, 2.45) is 0 Å². The summed E-state index contributed by atoms with van der Waals surface area (Å²) in [6, 6.07) is 25.9. The monoisotopic (exact) mass is 676 g/mol. The van der Waals surface area contributed by atoms with Crippen LogP contribution in [0.2, 0.25) is 0 Å². The van der Waals surface area contributed by atoms with Gasteiger partial charge in [0.1, 0.15) is 17.2 Å². The summed E-state index contributed by atoms with van der Waals surface area (Å²) in [6.45, 7) is 13.4. The Morgan fingerprint density at radius 3 is 1.44 bits per heavy atom. The van der Waals surface area contributed by atoms with E-state index in [4.69, 9.17) is 28.4 Å². The first kappa shape index (κ1) is 37.2. The minimum absolute atomic E-state index is 0.0270. The van der Waals surface area contributed by atoms with Crippen molar-refractivity contribution in [2.45, 2.75) is 13.3 Å². The zero-order valence-electron chi connectivity index (χ0n) is 28.7. The Bertz CT molecular complexity index is 1890. The van der Waals surface area contributed by atoms with Gasteiger partial charge in [0.25, 0.3) is 0 Å². The van der Waals surface area contributed by atoms with Crippen molar-refractivity contribution in [3.05, 3.63) is 127 Å². The summed E-state index contributed by atoms with van der Waals surface area (Å²) in [5.74, 6) is -0.616. The van der Waals surface area contributed by atoms with E-state index in [-0.39, 0.29) is 36.5 Å². The van der Waals surface area contributed by atoms with Crippen LogP contribution in [0.3, 0.4) is 0 Å². The predicted molar refractivity (Wildman–Crippen MR) is 192 cm³/mol. The van der Waals surface area contributed by atoms with Gasteiger partial charge in [0.2, 0.25) is 0 Å². The third-order valence-electron chi connectivity index (χ3n) is 7.58. The Morgan fingerprint density at radius 2 is 0.920 bits per heavy atom. The Morgan fingerprint density at radius 1 is 0.500 bits per heavy atom. The number of hydrogen-bond donors (Lipinski definition) is 0. The molecule has 0 bridgehead atoms. The standard InChI is InChI=1S/C41H40O9/c1-8-29-21-35(49-40(43)27(3)24-46-6)18-20-36(29)31-9-11-32(12-10-31)37-19-15-33(22-38(37)50-41(44)28(4)25-47-7)30-13-16-34(17-14-30)48-39(42)26(2)23-45-5/h9-22H,2-4,8,23-25H2,1,5-7H3. The highest BCUT2D eigenvalue weighted by Gasteiger charge is 2.17. The Kier molecular flexibility index (Phi) is 13.2. The molecular weight excluding hydrogens is 636 g/mol. The number of ether oxygens (including phenoxy) is 6. The summed E-state index contributed by atoms with van der Waals surface area (Å²) in [5, 5.41) is 0. The molecule has 0 N–H and O–H groups in total. The maximum Gasteiger partial charge on any atom is 0.341 e. The van der Waals surface area contributed by atoms with Gasteiger partial charge < -0.3 is 28.4 Å². The van der Waals surface area contributed by atoms with E-state index in [0.29, 0.717) is 29.2 Å². The molecular formula is C41H40O9. The van der Waals surface area contributed by atoms with Crippen molar-refractivity contribution < 1.29 is 42.8 Å². The highest BCUT2D eigenvalue weighted by atomic mass is 16.5. The maximum absolute atomic E-state index is 12.9. The zero-order valence-corrected chi connectivity index (χ0v) is 28.7. The van der Waals surface area contributed by atoms with Gasteiger partial charge in [-0.3, -0.25) is 0 Å². The summed E-state index contributed by atoms with van der Waals surface area (Å²) in [7, 11) is 4.44. The third kappa shape index (κ3) is 9.51. The summed E-state index contributed by atoms with van der Waals surface area (Å²) in [6.07, 6.45) is 0.709. The maximum atomic E-state index is 12.9. The van der Waals surface area contributed by atoms with Gasteiger partial charge in [-0.25, -0.2) is 14.4 Å². The van der Waals surface area contributed by atoms with Crippen LogP contribution in [0.5, 0.6) is 17.2 Å². The number of methoxy groups -OCH3 is 3. The molecule has 0 amide bonds. The van der Waals surface area contributed by atoms with E-state index < -0.39 is 17.9 Å². The third-order valence-corrected chi connectivity index (χ3v) is 7.58. The summed E-state index contributed by atoms with van der Waals surface area (Å²) in [4.78, 5) is 37.5. The van der Waals surface area contributed by atoms with Gasteiger partial charge >= 0.3 is 17.9 Å². The molecule has 0 saturated heterocycles. The smallest absolute Gasteiger partial charge is 0.341 e. The lowest BCUT2D eigenvalue weighted by Gasteiger charge is -2.15. The first-order valence-corrected chi connectivity index (χ1v) is 15.7. The van der Waals surface area contributed by atoms with Crippen molar-refractivity contribution in [1.29, 1.82) is 0 Å². The van der Waals surface area contributed by atoms with Crippen LogP contribution >= 0.6 is 0 Å². The average Bonchev–Trinajstić information content (AvgIpc) is 3.12. The van der Waals surface area contributed by atoms with Crippen LogP contribution in [0, 0.1) is 0 Å². The number of aryl methyl sites for hydroxylation is 1.